The molecule has 2 aliphatic rings. The minimum absolute atomic E-state index is 0.103. The van der Waals surface area contributed by atoms with E-state index in [1.165, 1.54) is 19.1 Å². The summed E-state index contributed by atoms with van der Waals surface area (Å²) < 4.78 is 8.34. The van der Waals surface area contributed by atoms with Crippen molar-refractivity contribution < 1.29 is 14.3 Å². The summed E-state index contributed by atoms with van der Waals surface area (Å²) in [5.74, 6) is -0.286. The molecule has 0 unspecified atom stereocenters. The van der Waals surface area contributed by atoms with E-state index < -0.39 is 11.9 Å². The first-order valence-corrected chi connectivity index (χ1v) is 10.7. The SMILES string of the molecule is COC(=O)CN(C)C(=O)c1ccc2n(c1=O)C[C@H]1C[C@@H]2CN(CCCn2cccn2)C1. The summed E-state index contributed by atoms with van der Waals surface area (Å²) in [6.07, 6.45) is 5.89. The quantitative estimate of drug-likeness (QED) is 0.608. The molecule has 4 rings (SSSR count). The smallest absolute Gasteiger partial charge is 0.325 e. The third-order valence-corrected chi connectivity index (χ3v) is 6.27. The van der Waals surface area contributed by atoms with Gasteiger partial charge in [0.15, 0.2) is 0 Å². The number of methoxy groups -OCH3 is 1. The zero-order valence-electron chi connectivity index (χ0n) is 18.1. The third kappa shape index (κ3) is 4.56. The molecule has 2 aromatic heterocycles. The summed E-state index contributed by atoms with van der Waals surface area (Å²) in [7, 11) is 2.77. The molecule has 0 radical (unpaired) electrons. The molecule has 1 amide bonds. The van der Waals surface area contributed by atoms with Gasteiger partial charge < -0.3 is 19.1 Å². The van der Waals surface area contributed by atoms with Crippen molar-refractivity contribution in [2.75, 3.05) is 40.3 Å². The minimum atomic E-state index is -0.518. The topological polar surface area (TPSA) is 89.7 Å². The summed E-state index contributed by atoms with van der Waals surface area (Å²) >= 11 is 0. The lowest BCUT2D eigenvalue weighted by atomic mass is 9.83. The van der Waals surface area contributed by atoms with E-state index in [9.17, 15) is 14.4 Å². The van der Waals surface area contributed by atoms with Gasteiger partial charge in [0.1, 0.15) is 12.1 Å². The van der Waals surface area contributed by atoms with Crippen LogP contribution in [0.15, 0.2) is 35.4 Å². The summed E-state index contributed by atoms with van der Waals surface area (Å²) in [5.41, 5.74) is 0.845. The molecule has 4 heterocycles. The van der Waals surface area contributed by atoms with Gasteiger partial charge in [0.25, 0.3) is 11.5 Å². The number of nitrogens with zero attached hydrogens (tertiary/aromatic N) is 5. The first-order chi connectivity index (χ1) is 15.0. The number of amides is 1. The Balaban J connectivity index is 1.45. The Hall–Kier alpha value is -2.94. The molecule has 0 aliphatic carbocycles. The van der Waals surface area contributed by atoms with Gasteiger partial charge in [-0.05, 0) is 43.5 Å². The Kier molecular flexibility index (Phi) is 6.22. The number of aromatic nitrogens is 3. The Labute approximate surface area is 181 Å². The minimum Gasteiger partial charge on any atom is -0.468 e. The molecular formula is C22H29N5O4. The number of hydrogen-bond donors (Lipinski definition) is 0. The van der Waals surface area contributed by atoms with Crippen LogP contribution in [0.25, 0.3) is 0 Å². The van der Waals surface area contributed by atoms with Gasteiger partial charge in [0.05, 0.1) is 7.11 Å². The highest BCUT2D eigenvalue weighted by molar-refractivity contribution is 5.95. The van der Waals surface area contributed by atoms with Crippen LogP contribution in [0.3, 0.4) is 0 Å². The number of likely N-dealkylation sites (N-methyl/N-ethyl adjacent to an activating group) is 1. The average Bonchev–Trinajstić information content (AvgIpc) is 3.27. The van der Waals surface area contributed by atoms with Crippen molar-refractivity contribution in [1.82, 2.24) is 24.1 Å². The molecule has 2 aliphatic heterocycles. The van der Waals surface area contributed by atoms with Crippen molar-refractivity contribution >= 4 is 11.9 Å². The van der Waals surface area contributed by atoms with Crippen LogP contribution in [0.2, 0.25) is 0 Å². The summed E-state index contributed by atoms with van der Waals surface area (Å²) in [5, 5.41) is 4.25. The molecule has 0 saturated carbocycles. The molecular weight excluding hydrogens is 398 g/mol. The summed E-state index contributed by atoms with van der Waals surface area (Å²) in [6, 6.07) is 5.46. The van der Waals surface area contributed by atoms with Gasteiger partial charge in [-0.1, -0.05) is 0 Å². The molecule has 1 saturated heterocycles. The van der Waals surface area contributed by atoms with Gasteiger partial charge in [0, 0.05) is 57.2 Å². The number of hydrogen-bond acceptors (Lipinski definition) is 6. The molecule has 0 aromatic carbocycles. The van der Waals surface area contributed by atoms with Crippen LogP contribution in [-0.2, 0) is 22.6 Å². The van der Waals surface area contributed by atoms with Gasteiger partial charge >= 0.3 is 5.97 Å². The van der Waals surface area contributed by atoms with Gasteiger partial charge in [-0.3, -0.25) is 19.1 Å². The van der Waals surface area contributed by atoms with Crippen molar-refractivity contribution in [2.24, 2.45) is 5.92 Å². The molecule has 9 nitrogen and oxygen atoms in total. The molecule has 0 N–H and O–H groups in total. The highest BCUT2D eigenvalue weighted by atomic mass is 16.5. The molecule has 2 atom stereocenters. The zero-order chi connectivity index (χ0) is 22.0. The fourth-order valence-electron chi connectivity index (χ4n) is 4.81. The Bertz CT molecular complexity index is 1000. The van der Waals surface area contributed by atoms with Crippen molar-refractivity contribution in [3.05, 3.63) is 52.2 Å². The van der Waals surface area contributed by atoms with E-state index in [-0.39, 0.29) is 17.7 Å². The maximum absolute atomic E-state index is 13.1. The number of piperidine rings is 1. The molecule has 1 fully saturated rings. The van der Waals surface area contributed by atoms with E-state index in [1.807, 2.05) is 23.0 Å². The van der Waals surface area contributed by atoms with Crippen molar-refractivity contribution in [1.29, 1.82) is 0 Å². The zero-order valence-corrected chi connectivity index (χ0v) is 18.1. The monoisotopic (exact) mass is 427 g/mol. The van der Waals surface area contributed by atoms with Crippen molar-refractivity contribution in [3.8, 4) is 0 Å². The maximum atomic E-state index is 13.1. The number of likely N-dealkylation sites (tertiary alicyclic amines) is 1. The lowest BCUT2D eigenvalue weighted by Crippen LogP contribution is -2.48. The first kappa shape index (κ1) is 21.3. The number of aryl methyl sites for hydroxylation is 1. The van der Waals surface area contributed by atoms with Gasteiger partial charge in [0.2, 0.25) is 0 Å². The van der Waals surface area contributed by atoms with Crippen LogP contribution in [0.5, 0.6) is 0 Å². The van der Waals surface area contributed by atoms with Crippen LogP contribution in [0.1, 0.15) is 34.8 Å². The van der Waals surface area contributed by atoms with E-state index >= 15 is 0 Å². The van der Waals surface area contributed by atoms with E-state index in [4.69, 9.17) is 0 Å². The molecule has 9 heteroatoms. The average molecular weight is 428 g/mol. The molecule has 31 heavy (non-hydrogen) atoms. The van der Waals surface area contributed by atoms with Gasteiger partial charge in [-0.25, -0.2) is 0 Å². The predicted octanol–water partition coefficient (Wildman–Crippen LogP) is 0.799. The second-order valence-corrected chi connectivity index (χ2v) is 8.51. The standard InChI is InChI=1S/C22H29N5O4/c1-24(15-20(28)31-2)21(29)18-5-6-19-17-11-16(13-27(19)22(18)30)12-25(14-17)8-4-10-26-9-3-7-23-26/h3,5-7,9,16-17H,4,8,10-15H2,1-2H3/t16-,17+/m0/s1. The van der Waals surface area contributed by atoms with E-state index in [0.717, 1.165) is 44.7 Å². The molecule has 2 aromatic rings. The second-order valence-electron chi connectivity index (χ2n) is 8.51. The van der Waals surface area contributed by atoms with E-state index in [1.54, 1.807) is 16.8 Å². The predicted molar refractivity (Wildman–Crippen MR) is 114 cm³/mol. The highest BCUT2D eigenvalue weighted by Crippen LogP contribution is 2.35. The number of ether oxygens (including phenoxy) is 1. The normalized spacial score (nSPS) is 20.2. The lowest BCUT2D eigenvalue weighted by molar-refractivity contribution is -0.141. The van der Waals surface area contributed by atoms with Crippen LogP contribution in [0, 0.1) is 5.92 Å². The number of rotatable bonds is 7. The van der Waals surface area contributed by atoms with Crippen molar-refractivity contribution in [2.45, 2.75) is 31.8 Å². The van der Waals surface area contributed by atoms with Crippen LogP contribution in [0.4, 0.5) is 0 Å². The Morgan fingerprint density at radius 3 is 2.81 bits per heavy atom. The van der Waals surface area contributed by atoms with E-state index in [2.05, 4.69) is 14.7 Å². The third-order valence-electron chi connectivity index (χ3n) is 6.27. The second kappa shape index (κ2) is 9.05. The number of carbonyl (C=O) groups is 2. The Morgan fingerprint density at radius 2 is 2.06 bits per heavy atom. The number of pyridine rings is 1. The fourth-order valence-corrected chi connectivity index (χ4v) is 4.81. The van der Waals surface area contributed by atoms with Gasteiger partial charge in [-0.2, -0.15) is 5.10 Å². The summed E-state index contributed by atoms with van der Waals surface area (Å²) in [6.45, 7) is 4.23. The van der Waals surface area contributed by atoms with Crippen LogP contribution >= 0.6 is 0 Å². The number of fused-ring (bicyclic) bond motifs is 4. The van der Waals surface area contributed by atoms with Crippen LogP contribution < -0.4 is 5.56 Å². The van der Waals surface area contributed by atoms with Gasteiger partial charge in [-0.15, -0.1) is 0 Å². The maximum Gasteiger partial charge on any atom is 0.325 e. The molecule has 0 spiro atoms. The van der Waals surface area contributed by atoms with Crippen LogP contribution in [-0.4, -0.2) is 76.4 Å². The Morgan fingerprint density at radius 1 is 1.23 bits per heavy atom. The van der Waals surface area contributed by atoms with E-state index in [0.29, 0.717) is 18.4 Å². The largest absolute Gasteiger partial charge is 0.468 e. The number of carbonyl (C=O) groups excluding carboxylic acids is 2. The molecule has 166 valence electrons. The highest BCUT2D eigenvalue weighted by Gasteiger charge is 2.35. The number of esters is 1. The lowest BCUT2D eigenvalue weighted by Gasteiger charge is -2.43. The first-order valence-electron chi connectivity index (χ1n) is 10.7. The fraction of sp³-hybridized carbons (Fsp3) is 0.545. The van der Waals surface area contributed by atoms with Crippen molar-refractivity contribution in [3.63, 3.8) is 0 Å². The summed E-state index contributed by atoms with van der Waals surface area (Å²) in [4.78, 5) is 41.0. The molecule has 2 bridgehead atoms.